The SMILES string of the molecule is CCCCCC/C=C\C=C/CCCCCCCC(=O)OC[C@H](COP(=O)(O)OC[C@@H](O)COP(=O)(O)OC[C@@H](COC(=O)CCCCCCCCC(C)CC)OC(=O)CCCCCCCCCCC(C)C)OC(=O)CCCCCCC/C=C\C=C/CCCCCC. The number of hydrogen-bond donors (Lipinski definition) is 3. The zero-order chi connectivity index (χ0) is 67.2. The fourth-order valence-corrected chi connectivity index (χ4v) is 11.4. The van der Waals surface area contributed by atoms with Crippen molar-refractivity contribution in [3.63, 3.8) is 0 Å². The number of unbranched alkanes of at least 4 members (excludes halogenated alkanes) is 30. The Morgan fingerprint density at radius 1 is 0.363 bits per heavy atom. The highest BCUT2D eigenvalue weighted by Crippen LogP contribution is 2.45. The summed E-state index contributed by atoms with van der Waals surface area (Å²) in [6.45, 7) is 9.33. The maximum atomic E-state index is 13.0. The van der Waals surface area contributed by atoms with Crippen LogP contribution in [-0.4, -0.2) is 96.7 Å². The number of phosphoric ester groups is 2. The lowest BCUT2D eigenvalue weighted by Gasteiger charge is -2.21. The number of hydrogen-bond acceptors (Lipinski definition) is 15. The molecule has 3 N–H and O–H groups in total. The fraction of sp³-hybridized carbons (Fsp3) is 0.833. The Kier molecular flexibility index (Phi) is 61.0. The number of phosphoric acid groups is 2. The molecule has 0 aliphatic rings. The maximum Gasteiger partial charge on any atom is 0.472 e. The van der Waals surface area contributed by atoms with Crippen LogP contribution in [0.2, 0.25) is 0 Å². The van der Waals surface area contributed by atoms with E-state index in [-0.39, 0.29) is 25.7 Å². The minimum atomic E-state index is -4.97. The molecule has 0 aromatic rings. The molecule has 17 nitrogen and oxygen atoms in total. The largest absolute Gasteiger partial charge is 0.472 e. The second kappa shape index (κ2) is 63.1. The first-order chi connectivity index (χ1) is 43.9. The highest BCUT2D eigenvalue weighted by molar-refractivity contribution is 7.47. The van der Waals surface area contributed by atoms with E-state index >= 15 is 0 Å². The zero-order valence-corrected chi connectivity index (χ0v) is 59.9. The smallest absolute Gasteiger partial charge is 0.462 e. The molecule has 532 valence electrons. The zero-order valence-electron chi connectivity index (χ0n) is 58.1. The molecule has 6 atom stereocenters. The Labute approximate surface area is 553 Å². The molecule has 0 heterocycles. The molecule has 0 aromatic carbocycles. The number of esters is 4. The molecular weight excluding hydrogens is 1200 g/mol. The van der Waals surface area contributed by atoms with Gasteiger partial charge in [-0.15, -0.1) is 0 Å². The van der Waals surface area contributed by atoms with Crippen LogP contribution in [0.5, 0.6) is 0 Å². The normalized spacial score (nSPS) is 14.7. The van der Waals surface area contributed by atoms with Gasteiger partial charge in [-0.05, 0) is 88.9 Å². The highest BCUT2D eigenvalue weighted by Gasteiger charge is 2.30. The molecule has 3 unspecified atom stereocenters. The number of carbonyl (C=O) groups excluding carboxylic acids is 4. The van der Waals surface area contributed by atoms with Crippen LogP contribution < -0.4 is 0 Å². The molecule has 0 saturated carbocycles. The first-order valence-corrected chi connectivity index (χ1v) is 39.2. The second-order valence-corrected chi connectivity index (χ2v) is 28.2. The Morgan fingerprint density at radius 2 is 0.648 bits per heavy atom. The Bertz CT molecular complexity index is 1960. The summed E-state index contributed by atoms with van der Waals surface area (Å²) in [6.07, 6.45) is 54.4. The molecule has 19 heteroatoms. The standard InChI is InChI=1S/C72H132O17P2/c1-7-10-12-14-16-18-20-22-24-26-28-30-35-42-48-54-69(74)82-60-67(88-71(76)56-50-44-36-31-29-27-25-23-21-19-17-15-13-11-8-2)62-86-90(78,79)84-58-66(73)59-85-91(80,81)87-63-68(61-83-70(75)55-49-43-39-38-41-47-53-65(6)9-3)89-72(77)57-51-45-37-33-32-34-40-46-52-64(4)5/h18-25,64-68,73H,7-17,26-63H2,1-6H3,(H,78,79)(H,80,81)/b20-18-,21-19-,24-22-,25-23-/t65?,66-,67-,68-/m1/s1. The summed E-state index contributed by atoms with van der Waals surface area (Å²) in [5, 5.41) is 10.6. The summed E-state index contributed by atoms with van der Waals surface area (Å²) in [5.41, 5.74) is 0. The van der Waals surface area contributed by atoms with Gasteiger partial charge < -0.3 is 33.8 Å². The number of ether oxygens (including phenoxy) is 4. The third-order valence-electron chi connectivity index (χ3n) is 15.8. The monoisotopic (exact) mass is 1330 g/mol. The minimum absolute atomic E-state index is 0.0777. The van der Waals surface area contributed by atoms with Crippen LogP contribution in [0.3, 0.4) is 0 Å². The topological polar surface area (TPSA) is 237 Å². The van der Waals surface area contributed by atoms with Gasteiger partial charge in [-0.25, -0.2) is 9.13 Å². The van der Waals surface area contributed by atoms with Crippen molar-refractivity contribution in [2.24, 2.45) is 11.8 Å². The van der Waals surface area contributed by atoms with Crippen molar-refractivity contribution < 1.29 is 80.2 Å². The summed E-state index contributed by atoms with van der Waals surface area (Å²) in [4.78, 5) is 72.5. The predicted molar refractivity (Wildman–Crippen MR) is 367 cm³/mol. The van der Waals surface area contributed by atoms with Gasteiger partial charge in [-0.2, -0.15) is 0 Å². The van der Waals surface area contributed by atoms with Gasteiger partial charge in [0.15, 0.2) is 12.2 Å². The molecule has 0 fully saturated rings. The lowest BCUT2D eigenvalue weighted by molar-refractivity contribution is -0.161. The van der Waals surface area contributed by atoms with E-state index in [1.165, 1.54) is 96.3 Å². The lowest BCUT2D eigenvalue weighted by atomic mass is 10.00. The molecule has 0 aliphatic heterocycles. The number of allylic oxidation sites excluding steroid dienone is 8. The van der Waals surface area contributed by atoms with Crippen molar-refractivity contribution in [3.8, 4) is 0 Å². The summed E-state index contributed by atoms with van der Waals surface area (Å²) in [6, 6.07) is 0. The number of rotatable bonds is 67. The van der Waals surface area contributed by atoms with Gasteiger partial charge in [0, 0.05) is 25.7 Å². The van der Waals surface area contributed by atoms with E-state index in [4.69, 9.17) is 37.0 Å². The molecule has 0 rings (SSSR count). The van der Waals surface area contributed by atoms with Crippen LogP contribution in [0, 0.1) is 11.8 Å². The van der Waals surface area contributed by atoms with Crippen LogP contribution in [0.1, 0.15) is 318 Å². The minimum Gasteiger partial charge on any atom is -0.462 e. The van der Waals surface area contributed by atoms with Crippen molar-refractivity contribution >= 4 is 39.5 Å². The predicted octanol–water partition coefficient (Wildman–Crippen LogP) is 19.9. The molecule has 0 bridgehead atoms. The summed E-state index contributed by atoms with van der Waals surface area (Å²) < 4.78 is 68.2. The Hall–Kier alpha value is -2.98. The molecule has 0 spiro atoms. The van der Waals surface area contributed by atoms with Crippen LogP contribution in [-0.2, 0) is 65.4 Å². The van der Waals surface area contributed by atoms with Gasteiger partial charge in [0.05, 0.1) is 26.4 Å². The van der Waals surface area contributed by atoms with Gasteiger partial charge in [-0.3, -0.25) is 37.3 Å². The first-order valence-electron chi connectivity index (χ1n) is 36.2. The average Bonchev–Trinajstić information content (AvgIpc) is 3.36. The third-order valence-corrected chi connectivity index (χ3v) is 17.7. The summed E-state index contributed by atoms with van der Waals surface area (Å²) in [5.74, 6) is -0.744. The van der Waals surface area contributed by atoms with Crippen LogP contribution in [0.25, 0.3) is 0 Å². The molecule has 0 saturated heterocycles. The van der Waals surface area contributed by atoms with Crippen molar-refractivity contribution in [2.75, 3.05) is 39.6 Å². The molecule has 0 radical (unpaired) electrons. The molecule has 0 amide bonds. The second-order valence-electron chi connectivity index (χ2n) is 25.3. The van der Waals surface area contributed by atoms with E-state index in [2.05, 4.69) is 90.2 Å². The quantitative estimate of drug-likeness (QED) is 0.0169. The van der Waals surface area contributed by atoms with E-state index in [0.29, 0.717) is 31.6 Å². The van der Waals surface area contributed by atoms with Gasteiger partial charge in [0.2, 0.25) is 0 Å². The van der Waals surface area contributed by atoms with Gasteiger partial charge in [0.1, 0.15) is 19.3 Å². The molecule has 0 aliphatic carbocycles. The van der Waals surface area contributed by atoms with E-state index in [1.54, 1.807) is 0 Å². The Morgan fingerprint density at radius 3 is 0.978 bits per heavy atom. The molecular formula is C72H132O17P2. The van der Waals surface area contributed by atoms with Crippen molar-refractivity contribution in [2.45, 2.75) is 336 Å². The van der Waals surface area contributed by atoms with Crippen molar-refractivity contribution in [1.29, 1.82) is 0 Å². The van der Waals surface area contributed by atoms with E-state index in [9.17, 15) is 43.2 Å². The van der Waals surface area contributed by atoms with E-state index in [0.717, 1.165) is 134 Å². The van der Waals surface area contributed by atoms with Gasteiger partial charge in [0.25, 0.3) is 0 Å². The van der Waals surface area contributed by atoms with Gasteiger partial charge >= 0.3 is 39.5 Å². The van der Waals surface area contributed by atoms with E-state index < -0.39 is 97.5 Å². The van der Waals surface area contributed by atoms with Crippen molar-refractivity contribution in [3.05, 3.63) is 48.6 Å². The number of aliphatic hydroxyl groups is 1. The van der Waals surface area contributed by atoms with Gasteiger partial charge in [-0.1, -0.05) is 264 Å². The fourth-order valence-electron chi connectivity index (χ4n) is 9.83. The van der Waals surface area contributed by atoms with Crippen LogP contribution in [0.15, 0.2) is 48.6 Å². The summed E-state index contributed by atoms with van der Waals surface area (Å²) in [7, 11) is -9.93. The lowest BCUT2D eigenvalue weighted by Crippen LogP contribution is -2.30. The Balaban J connectivity index is 5.33. The van der Waals surface area contributed by atoms with E-state index in [1.807, 2.05) is 0 Å². The number of carbonyl (C=O) groups is 4. The molecule has 0 aromatic heterocycles. The third kappa shape index (κ3) is 64.2. The summed E-state index contributed by atoms with van der Waals surface area (Å²) >= 11 is 0. The van der Waals surface area contributed by atoms with Crippen LogP contribution in [0.4, 0.5) is 0 Å². The van der Waals surface area contributed by atoms with Crippen molar-refractivity contribution in [1.82, 2.24) is 0 Å². The maximum absolute atomic E-state index is 13.0. The first kappa shape index (κ1) is 88.0. The van der Waals surface area contributed by atoms with Crippen LogP contribution >= 0.6 is 15.6 Å². The average molecular weight is 1330 g/mol. The molecule has 91 heavy (non-hydrogen) atoms. The number of aliphatic hydroxyl groups excluding tert-OH is 1. The highest BCUT2D eigenvalue weighted by atomic mass is 31.2.